The second-order valence-corrected chi connectivity index (χ2v) is 3.18. The Labute approximate surface area is 82.8 Å². The van der Waals surface area contributed by atoms with Crippen molar-refractivity contribution in [2.24, 2.45) is 0 Å². The standard InChI is InChI=1S/C10H14O4/c1-4-8-10(12)6(2)5-9(14-8)13-7(3)11/h4,8-10,12H,1-2,5H2,3H3/t8-,9-,10+/m1/s1. The van der Waals surface area contributed by atoms with Crippen molar-refractivity contribution in [3.05, 3.63) is 24.8 Å². The molecule has 1 heterocycles. The highest BCUT2D eigenvalue weighted by Gasteiger charge is 2.32. The first-order valence-corrected chi connectivity index (χ1v) is 4.35. The Morgan fingerprint density at radius 3 is 2.93 bits per heavy atom. The molecule has 0 unspecified atom stereocenters. The van der Waals surface area contributed by atoms with Crippen molar-refractivity contribution in [3.63, 3.8) is 0 Å². The highest BCUT2D eigenvalue weighted by molar-refractivity contribution is 5.66. The zero-order valence-electron chi connectivity index (χ0n) is 8.10. The molecule has 78 valence electrons. The summed E-state index contributed by atoms with van der Waals surface area (Å²) in [5.74, 6) is -0.415. The van der Waals surface area contributed by atoms with Crippen molar-refractivity contribution in [2.75, 3.05) is 0 Å². The van der Waals surface area contributed by atoms with Gasteiger partial charge in [-0.15, -0.1) is 6.58 Å². The van der Waals surface area contributed by atoms with E-state index in [1.807, 2.05) is 0 Å². The third-order valence-electron chi connectivity index (χ3n) is 2.00. The van der Waals surface area contributed by atoms with Crippen molar-refractivity contribution in [2.45, 2.75) is 31.8 Å². The van der Waals surface area contributed by atoms with Crippen LogP contribution >= 0.6 is 0 Å². The van der Waals surface area contributed by atoms with Crippen molar-refractivity contribution < 1.29 is 19.4 Å². The lowest BCUT2D eigenvalue weighted by Gasteiger charge is -2.32. The van der Waals surface area contributed by atoms with Crippen LogP contribution in [0.2, 0.25) is 0 Å². The fourth-order valence-corrected chi connectivity index (χ4v) is 1.30. The molecular formula is C10H14O4. The molecule has 0 aromatic heterocycles. The van der Waals surface area contributed by atoms with Crippen molar-refractivity contribution in [3.8, 4) is 0 Å². The lowest BCUT2D eigenvalue weighted by atomic mass is 10.00. The fraction of sp³-hybridized carbons (Fsp3) is 0.500. The summed E-state index contributed by atoms with van der Waals surface area (Å²) in [6.07, 6.45) is -0.192. The number of rotatable bonds is 2. The lowest BCUT2D eigenvalue weighted by Crippen LogP contribution is -2.40. The minimum Gasteiger partial charge on any atom is -0.436 e. The van der Waals surface area contributed by atoms with Gasteiger partial charge in [0.15, 0.2) is 0 Å². The molecule has 4 nitrogen and oxygen atoms in total. The molecule has 0 bridgehead atoms. The highest BCUT2D eigenvalue weighted by Crippen LogP contribution is 2.24. The molecule has 14 heavy (non-hydrogen) atoms. The van der Waals surface area contributed by atoms with Gasteiger partial charge in [0.05, 0.1) is 0 Å². The Morgan fingerprint density at radius 2 is 2.43 bits per heavy atom. The van der Waals surface area contributed by atoms with E-state index in [1.165, 1.54) is 13.0 Å². The van der Waals surface area contributed by atoms with Gasteiger partial charge in [-0.3, -0.25) is 4.79 Å². The highest BCUT2D eigenvalue weighted by atomic mass is 16.7. The number of aliphatic hydroxyl groups is 1. The van der Waals surface area contributed by atoms with Crippen LogP contribution in [0, 0.1) is 0 Å². The summed E-state index contributed by atoms with van der Waals surface area (Å²) in [4.78, 5) is 10.7. The SMILES string of the molecule is C=C[C@H]1O[C@@H](OC(C)=O)CC(=C)[C@@H]1O. The summed E-state index contributed by atoms with van der Waals surface area (Å²) in [7, 11) is 0. The molecule has 0 aromatic carbocycles. The van der Waals surface area contributed by atoms with E-state index in [1.54, 1.807) is 0 Å². The monoisotopic (exact) mass is 198 g/mol. The Bertz CT molecular complexity index is 259. The van der Waals surface area contributed by atoms with E-state index in [0.717, 1.165) is 0 Å². The van der Waals surface area contributed by atoms with Crippen LogP contribution < -0.4 is 0 Å². The van der Waals surface area contributed by atoms with Crippen LogP contribution in [0.4, 0.5) is 0 Å². The summed E-state index contributed by atoms with van der Waals surface area (Å²) < 4.78 is 10.1. The van der Waals surface area contributed by atoms with Crippen LogP contribution in [0.15, 0.2) is 24.8 Å². The molecule has 4 heteroatoms. The minimum absolute atomic E-state index is 0.324. The van der Waals surface area contributed by atoms with Gasteiger partial charge >= 0.3 is 5.97 Å². The molecule has 1 fully saturated rings. The smallest absolute Gasteiger partial charge is 0.304 e. The van der Waals surface area contributed by atoms with E-state index >= 15 is 0 Å². The van der Waals surface area contributed by atoms with E-state index in [-0.39, 0.29) is 0 Å². The molecule has 3 atom stereocenters. The number of hydrogen-bond acceptors (Lipinski definition) is 4. The van der Waals surface area contributed by atoms with Gasteiger partial charge < -0.3 is 14.6 Å². The van der Waals surface area contributed by atoms with Gasteiger partial charge in [0.25, 0.3) is 0 Å². The number of ether oxygens (including phenoxy) is 2. The molecule has 1 rings (SSSR count). The zero-order valence-corrected chi connectivity index (χ0v) is 8.10. The minimum atomic E-state index is -0.765. The topological polar surface area (TPSA) is 55.8 Å². The Morgan fingerprint density at radius 1 is 1.79 bits per heavy atom. The molecule has 1 aliphatic rings. The average Bonchev–Trinajstić information content (AvgIpc) is 2.10. The maximum Gasteiger partial charge on any atom is 0.304 e. The van der Waals surface area contributed by atoms with E-state index in [0.29, 0.717) is 12.0 Å². The first kappa shape index (κ1) is 10.9. The lowest BCUT2D eigenvalue weighted by molar-refractivity contribution is -0.199. The second kappa shape index (κ2) is 4.39. The van der Waals surface area contributed by atoms with Crippen LogP contribution in [-0.2, 0) is 14.3 Å². The van der Waals surface area contributed by atoms with Gasteiger partial charge in [0, 0.05) is 13.3 Å². The molecular weight excluding hydrogens is 184 g/mol. The largest absolute Gasteiger partial charge is 0.436 e. The molecule has 0 aromatic rings. The number of aliphatic hydroxyl groups excluding tert-OH is 1. The van der Waals surface area contributed by atoms with Crippen molar-refractivity contribution in [1.82, 2.24) is 0 Å². The molecule has 0 spiro atoms. The molecule has 0 amide bonds. The zero-order chi connectivity index (χ0) is 10.7. The number of carbonyl (C=O) groups is 1. The Kier molecular flexibility index (Phi) is 3.43. The van der Waals surface area contributed by atoms with Crippen LogP contribution in [0.3, 0.4) is 0 Å². The van der Waals surface area contributed by atoms with Crippen LogP contribution in [0.5, 0.6) is 0 Å². The first-order chi connectivity index (χ1) is 6.54. The van der Waals surface area contributed by atoms with E-state index in [2.05, 4.69) is 13.2 Å². The molecule has 0 radical (unpaired) electrons. The normalized spacial score (nSPS) is 32.4. The van der Waals surface area contributed by atoms with Gasteiger partial charge in [-0.1, -0.05) is 12.7 Å². The van der Waals surface area contributed by atoms with Crippen LogP contribution in [0.25, 0.3) is 0 Å². The third kappa shape index (κ3) is 2.43. The number of hydrogen-bond donors (Lipinski definition) is 1. The second-order valence-electron chi connectivity index (χ2n) is 3.18. The summed E-state index contributed by atoms with van der Waals surface area (Å²) in [6.45, 7) is 8.50. The maximum atomic E-state index is 10.7. The predicted octanol–water partition coefficient (Wildman–Crippen LogP) is 0.768. The Hall–Kier alpha value is -1.13. The van der Waals surface area contributed by atoms with Gasteiger partial charge in [-0.25, -0.2) is 0 Å². The molecule has 1 aliphatic heterocycles. The number of esters is 1. The molecule has 1 N–H and O–H groups in total. The maximum absolute atomic E-state index is 10.7. The third-order valence-corrected chi connectivity index (χ3v) is 2.00. The molecule has 0 aliphatic carbocycles. The quantitative estimate of drug-likeness (QED) is 0.526. The predicted molar refractivity (Wildman–Crippen MR) is 50.4 cm³/mol. The summed E-state index contributed by atoms with van der Waals surface area (Å²) in [6, 6.07) is 0. The van der Waals surface area contributed by atoms with Crippen molar-refractivity contribution >= 4 is 5.97 Å². The molecule has 1 saturated heterocycles. The summed E-state index contributed by atoms with van der Waals surface area (Å²) >= 11 is 0. The first-order valence-electron chi connectivity index (χ1n) is 4.35. The number of carbonyl (C=O) groups excluding carboxylic acids is 1. The Balaban J connectivity index is 2.62. The summed E-state index contributed by atoms with van der Waals surface area (Å²) in [5.41, 5.74) is 0.590. The van der Waals surface area contributed by atoms with Crippen LogP contribution in [0.1, 0.15) is 13.3 Å². The van der Waals surface area contributed by atoms with Gasteiger partial charge in [0.2, 0.25) is 6.29 Å². The van der Waals surface area contributed by atoms with Crippen molar-refractivity contribution in [1.29, 1.82) is 0 Å². The van der Waals surface area contributed by atoms with Gasteiger partial charge in [0.1, 0.15) is 12.2 Å². The van der Waals surface area contributed by atoms with Gasteiger partial charge in [-0.05, 0) is 5.57 Å². The van der Waals surface area contributed by atoms with Gasteiger partial charge in [-0.2, -0.15) is 0 Å². The molecule has 0 saturated carbocycles. The van der Waals surface area contributed by atoms with E-state index in [9.17, 15) is 9.90 Å². The van der Waals surface area contributed by atoms with Crippen LogP contribution in [-0.4, -0.2) is 29.6 Å². The summed E-state index contributed by atoms with van der Waals surface area (Å²) in [5, 5.41) is 9.55. The average molecular weight is 198 g/mol. The fourth-order valence-electron chi connectivity index (χ4n) is 1.30. The van der Waals surface area contributed by atoms with E-state index in [4.69, 9.17) is 9.47 Å². The van der Waals surface area contributed by atoms with E-state index < -0.39 is 24.5 Å².